The van der Waals surface area contributed by atoms with Crippen molar-refractivity contribution in [2.45, 2.75) is 6.92 Å². The van der Waals surface area contributed by atoms with Gasteiger partial charge >= 0.3 is 0 Å². The number of nitrogen functional groups attached to an aromatic ring is 1. The fourth-order valence-electron chi connectivity index (χ4n) is 1.10. The zero-order chi connectivity index (χ0) is 10.1. The second kappa shape index (κ2) is 3.67. The Morgan fingerprint density at radius 2 is 2.14 bits per heavy atom. The van der Waals surface area contributed by atoms with Crippen molar-refractivity contribution >= 4 is 33.0 Å². The van der Waals surface area contributed by atoms with Crippen molar-refractivity contribution < 1.29 is 0 Å². The Bertz CT molecular complexity index is 447. The molecule has 0 aliphatic heterocycles. The van der Waals surface area contributed by atoms with Gasteiger partial charge in [-0.05, 0) is 35.0 Å². The predicted octanol–water partition coefficient (Wildman–Crippen LogP) is 2.86. The minimum atomic E-state index is 0.690. The minimum absolute atomic E-state index is 0.690. The maximum absolute atomic E-state index is 5.71. The maximum atomic E-state index is 5.71. The smallest absolute Gasteiger partial charge is 0.142 e. The molecule has 0 amide bonds. The van der Waals surface area contributed by atoms with Crippen molar-refractivity contribution in [1.29, 1.82) is 0 Å². The van der Waals surface area contributed by atoms with E-state index in [2.05, 4.69) is 25.9 Å². The molecule has 3 nitrogen and oxygen atoms in total. The summed E-state index contributed by atoms with van der Waals surface area (Å²) in [6.07, 6.45) is 0. The molecule has 0 aliphatic rings. The molecule has 2 rings (SSSR count). The number of thiazole rings is 1. The molecule has 2 aromatic rings. The molecular formula is C9H8BrN3S. The largest absolute Gasteiger partial charge is 0.399 e. The first kappa shape index (κ1) is 9.61. The van der Waals surface area contributed by atoms with E-state index >= 15 is 0 Å². The summed E-state index contributed by atoms with van der Waals surface area (Å²) < 4.78 is 0.736. The lowest BCUT2D eigenvalue weighted by Gasteiger charge is -1.98. The molecule has 0 saturated carbocycles. The Morgan fingerprint density at radius 3 is 2.71 bits per heavy atom. The minimum Gasteiger partial charge on any atom is -0.399 e. The van der Waals surface area contributed by atoms with Gasteiger partial charge in [-0.25, -0.2) is 9.97 Å². The molecule has 0 atom stereocenters. The first-order valence-corrected chi connectivity index (χ1v) is 5.68. The Morgan fingerprint density at radius 1 is 1.36 bits per heavy atom. The molecule has 0 aromatic carbocycles. The van der Waals surface area contributed by atoms with Crippen LogP contribution in [0.5, 0.6) is 0 Å². The molecule has 0 radical (unpaired) electrons. The number of nitrogens with two attached hydrogens (primary N) is 1. The molecule has 0 spiro atoms. The lowest BCUT2D eigenvalue weighted by atomic mass is 10.3. The first-order chi connectivity index (χ1) is 6.65. The van der Waals surface area contributed by atoms with E-state index < -0.39 is 0 Å². The SMILES string of the molecule is Cc1csc(-c2cc(N)cc(Br)n2)n1. The highest BCUT2D eigenvalue weighted by molar-refractivity contribution is 9.10. The van der Waals surface area contributed by atoms with E-state index in [9.17, 15) is 0 Å². The number of aromatic nitrogens is 2. The number of aryl methyl sites for hydroxylation is 1. The fraction of sp³-hybridized carbons (Fsp3) is 0.111. The number of rotatable bonds is 1. The van der Waals surface area contributed by atoms with Crippen LogP contribution in [0.15, 0.2) is 22.1 Å². The van der Waals surface area contributed by atoms with E-state index in [4.69, 9.17) is 5.73 Å². The van der Waals surface area contributed by atoms with Gasteiger partial charge in [0.15, 0.2) is 0 Å². The molecule has 5 heteroatoms. The van der Waals surface area contributed by atoms with Crippen molar-refractivity contribution in [2.75, 3.05) is 5.73 Å². The van der Waals surface area contributed by atoms with E-state index in [1.807, 2.05) is 18.4 Å². The van der Waals surface area contributed by atoms with Crippen molar-refractivity contribution in [3.8, 4) is 10.7 Å². The molecule has 2 aromatic heterocycles. The number of halogens is 1. The van der Waals surface area contributed by atoms with E-state index in [1.165, 1.54) is 0 Å². The van der Waals surface area contributed by atoms with E-state index in [1.54, 1.807) is 17.4 Å². The standard InChI is InChI=1S/C9H8BrN3S/c1-5-4-14-9(12-5)7-2-6(11)3-8(10)13-7/h2-4H,1H3,(H2,11,13). The molecule has 0 fully saturated rings. The van der Waals surface area contributed by atoms with Gasteiger partial charge in [-0.3, -0.25) is 0 Å². The Kier molecular flexibility index (Phi) is 2.52. The van der Waals surface area contributed by atoms with Crippen molar-refractivity contribution in [3.63, 3.8) is 0 Å². The first-order valence-electron chi connectivity index (χ1n) is 4.01. The normalized spacial score (nSPS) is 10.4. The molecular weight excluding hydrogens is 262 g/mol. The summed E-state index contributed by atoms with van der Waals surface area (Å²) in [5.41, 5.74) is 8.22. The second-order valence-electron chi connectivity index (χ2n) is 2.90. The van der Waals surface area contributed by atoms with Gasteiger partial charge in [-0.2, -0.15) is 0 Å². The molecule has 0 unspecified atom stereocenters. The van der Waals surface area contributed by atoms with E-state index in [0.717, 1.165) is 21.0 Å². The number of nitrogens with zero attached hydrogens (tertiary/aromatic N) is 2. The van der Waals surface area contributed by atoms with Crippen LogP contribution in [-0.4, -0.2) is 9.97 Å². The van der Waals surface area contributed by atoms with E-state index in [-0.39, 0.29) is 0 Å². The average molecular weight is 270 g/mol. The van der Waals surface area contributed by atoms with Gasteiger partial charge in [-0.15, -0.1) is 11.3 Å². The summed E-state index contributed by atoms with van der Waals surface area (Å²) in [5.74, 6) is 0. The van der Waals surface area contributed by atoms with Crippen LogP contribution < -0.4 is 5.73 Å². The second-order valence-corrected chi connectivity index (χ2v) is 4.57. The molecule has 14 heavy (non-hydrogen) atoms. The fourth-order valence-corrected chi connectivity index (χ4v) is 2.31. The van der Waals surface area contributed by atoms with Gasteiger partial charge in [0.1, 0.15) is 15.3 Å². The third-order valence-corrected chi connectivity index (χ3v) is 3.04. The van der Waals surface area contributed by atoms with E-state index in [0.29, 0.717) is 5.69 Å². The highest BCUT2D eigenvalue weighted by Crippen LogP contribution is 2.25. The molecule has 2 N–H and O–H groups in total. The van der Waals surface area contributed by atoms with Crippen LogP contribution in [0.4, 0.5) is 5.69 Å². The van der Waals surface area contributed by atoms with Gasteiger partial charge < -0.3 is 5.73 Å². The summed E-state index contributed by atoms with van der Waals surface area (Å²) in [5, 5.41) is 2.89. The number of hydrogen-bond acceptors (Lipinski definition) is 4. The van der Waals surface area contributed by atoms with Gasteiger partial charge in [0, 0.05) is 16.8 Å². The molecule has 0 saturated heterocycles. The van der Waals surface area contributed by atoms with Gasteiger partial charge in [0.2, 0.25) is 0 Å². The zero-order valence-corrected chi connectivity index (χ0v) is 9.89. The highest BCUT2D eigenvalue weighted by Gasteiger charge is 2.05. The highest BCUT2D eigenvalue weighted by atomic mass is 79.9. The predicted molar refractivity (Wildman–Crippen MR) is 62.2 cm³/mol. The lowest BCUT2D eigenvalue weighted by molar-refractivity contribution is 1.22. The third-order valence-electron chi connectivity index (χ3n) is 1.65. The number of hydrogen-bond donors (Lipinski definition) is 1. The van der Waals surface area contributed by atoms with Crippen LogP contribution in [-0.2, 0) is 0 Å². The van der Waals surface area contributed by atoms with Gasteiger partial charge in [0.25, 0.3) is 0 Å². The van der Waals surface area contributed by atoms with Crippen LogP contribution in [0.2, 0.25) is 0 Å². The third kappa shape index (κ3) is 1.93. The summed E-state index contributed by atoms with van der Waals surface area (Å²) in [4.78, 5) is 8.64. The molecule has 0 bridgehead atoms. The summed E-state index contributed by atoms with van der Waals surface area (Å²) in [7, 11) is 0. The van der Waals surface area contributed by atoms with Crippen LogP contribution in [0.3, 0.4) is 0 Å². The topological polar surface area (TPSA) is 51.8 Å². The van der Waals surface area contributed by atoms with Crippen LogP contribution in [0.25, 0.3) is 10.7 Å². The Hall–Kier alpha value is -0.940. The monoisotopic (exact) mass is 269 g/mol. The zero-order valence-electron chi connectivity index (χ0n) is 7.49. The van der Waals surface area contributed by atoms with Crippen LogP contribution in [0, 0.1) is 6.92 Å². The molecule has 72 valence electrons. The maximum Gasteiger partial charge on any atom is 0.142 e. The van der Waals surface area contributed by atoms with Crippen molar-refractivity contribution in [1.82, 2.24) is 9.97 Å². The summed E-state index contributed by atoms with van der Waals surface area (Å²) in [6.45, 7) is 1.96. The average Bonchev–Trinajstić information content (AvgIpc) is 2.50. The quantitative estimate of drug-likeness (QED) is 0.810. The van der Waals surface area contributed by atoms with Crippen LogP contribution >= 0.6 is 27.3 Å². The Balaban J connectivity index is 2.51. The Labute approximate surface area is 94.1 Å². The summed E-state index contributed by atoms with van der Waals surface area (Å²) in [6, 6.07) is 3.59. The molecule has 2 heterocycles. The van der Waals surface area contributed by atoms with Gasteiger partial charge in [0.05, 0.1) is 0 Å². The van der Waals surface area contributed by atoms with Crippen LogP contribution in [0.1, 0.15) is 5.69 Å². The lowest BCUT2D eigenvalue weighted by Crippen LogP contribution is -1.90. The number of anilines is 1. The van der Waals surface area contributed by atoms with Crippen molar-refractivity contribution in [2.24, 2.45) is 0 Å². The van der Waals surface area contributed by atoms with Crippen molar-refractivity contribution in [3.05, 3.63) is 27.8 Å². The van der Waals surface area contributed by atoms with Gasteiger partial charge in [-0.1, -0.05) is 0 Å². The molecule has 0 aliphatic carbocycles. The number of pyridine rings is 1. The summed E-state index contributed by atoms with van der Waals surface area (Å²) >= 11 is 4.87.